The molecule has 0 aliphatic carbocycles. The number of hydrogen-bond acceptors (Lipinski definition) is 8. The zero-order valence-corrected chi connectivity index (χ0v) is 20.9. The third-order valence-corrected chi connectivity index (χ3v) is 6.44. The number of aromatic nitrogens is 4. The fourth-order valence-corrected chi connectivity index (χ4v) is 4.53. The Morgan fingerprint density at radius 3 is 2.65 bits per heavy atom. The van der Waals surface area contributed by atoms with Crippen molar-refractivity contribution in [2.24, 2.45) is 7.05 Å². The van der Waals surface area contributed by atoms with Crippen molar-refractivity contribution in [3.63, 3.8) is 0 Å². The van der Waals surface area contributed by atoms with Crippen molar-refractivity contribution in [3.8, 4) is 11.4 Å². The summed E-state index contributed by atoms with van der Waals surface area (Å²) in [6.07, 6.45) is 4.71. The van der Waals surface area contributed by atoms with Crippen LogP contribution in [0, 0.1) is 0 Å². The second-order valence-corrected chi connectivity index (χ2v) is 10.3. The third kappa shape index (κ3) is 5.61. The number of likely N-dealkylation sites (tertiary alicyclic amines) is 1. The summed E-state index contributed by atoms with van der Waals surface area (Å²) >= 11 is 6.45. The summed E-state index contributed by atoms with van der Waals surface area (Å²) in [4.78, 5) is 27.7. The number of nitrogens with one attached hydrogen (secondary N) is 1. The Labute approximate surface area is 204 Å². The Morgan fingerprint density at radius 1 is 1.24 bits per heavy atom. The van der Waals surface area contributed by atoms with Gasteiger partial charge < -0.3 is 29.4 Å². The zero-order valence-electron chi connectivity index (χ0n) is 20.1. The summed E-state index contributed by atoms with van der Waals surface area (Å²) in [5.74, 6) is 1.55. The highest BCUT2D eigenvalue weighted by Gasteiger charge is 2.30. The van der Waals surface area contributed by atoms with Crippen molar-refractivity contribution >= 4 is 23.6 Å². The molecule has 0 spiro atoms. The van der Waals surface area contributed by atoms with Crippen LogP contribution in [0.2, 0.25) is 5.02 Å². The van der Waals surface area contributed by atoms with Crippen LogP contribution in [0.25, 0.3) is 11.4 Å². The summed E-state index contributed by atoms with van der Waals surface area (Å²) in [6.45, 7) is 7.73. The molecule has 11 heteroatoms. The smallest absolute Gasteiger partial charge is 0.410 e. The lowest BCUT2D eigenvalue weighted by molar-refractivity contribution is -0.0136. The number of imidazole rings is 1. The molecule has 2 aromatic heterocycles. The predicted molar refractivity (Wildman–Crippen MR) is 128 cm³/mol. The number of aliphatic hydroxyl groups is 1. The molecule has 2 aromatic rings. The fraction of sp³-hybridized carbons (Fsp3) is 0.652. The molecule has 2 aliphatic rings. The van der Waals surface area contributed by atoms with E-state index >= 15 is 0 Å². The lowest BCUT2D eigenvalue weighted by Gasteiger charge is -2.33. The maximum absolute atomic E-state index is 12.4. The fourth-order valence-electron chi connectivity index (χ4n) is 4.34. The Hall–Kier alpha value is -2.43. The van der Waals surface area contributed by atoms with E-state index in [0.29, 0.717) is 42.8 Å². The molecule has 2 aliphatic heterocycles. The minimum atomic E-state index is -0.619. The monoisotopic (exact) mass is 492 g/mol. The maximum atomic E-state index is 12.4. The van der Waals surface area contributed by atoms with Gasteiger partial charge in [-0.3, -0.25) is 0 Å². The van der Waals surface area contributed by atoms with Crippen LogP contribution >= 0.6 is 11.6 Å². The molecule has 4 rings (SSSR count). The average Bonchev–Trinajstić information content (AvgIpc) is 3.16. The molecular weight excluding hydrogens is 460 g/mol. The summed E-state index contributed by atoms with van der Waals surface area (Å²) in [6, 6.07) is -0.181. The number of ether oxygens (including phenoxy) is 2. The molecule has 0 saturated carbocycles. The van der Waals surface area contributed by atoms with Crippen molar-refractivity contribution in [1.82, 2.24) is 24.4 Å². The summed E-state index contributed by atoms with van der Waals surface area (Å²) in [5.41, 5.74) is 0.858. The molecule has 10 nitrogen and oxygen atoms in total. The maximum Gasteiger partial charge on any atom is 0.410 e. The highest BCUT2D eigenvalue weighted by Crippen LogP contribution is 2.32. The van der Waals surface area contributed by atoms with Crippen LogP contribution in [0.5, 0.6) is 0 Å². The van der Waals surface area contributed by atoms with Crippen molar-refractivity contribution in [3.05, 3.63) is 23.2 Å². The van der Waals surface area contributed by atoms with Gasteiger partial charge in [-0.15, -0.1) is 0 Å². The van der Waals surface area contributed by atoms with E-state index < -0.39 is 11.7 Å². The number of halogens is 1. The van der Waals surface area contributed by atoms with Crippen LogP contribution < -0.4 is 5.32 Å². The molecule has 0 aromatic carbocycles. The molecular formula is C23H33ClN6O4. The average molecular weight is 493 g/mol. The molecule has 1 amide bonds. The second kappa shape index (κ2) is 10.1. The molecule has 2 atom stereocenters. The number of anilines is 1. The van der Waals surface area contributed by atoms with Gasteiger partial charge in [0, 0.05) is 32.7 Å². The standard InChI is InChI=1S/C23H33ClN6O4/c1-23(2,3)34-22(32)30-8-5-14(6-9-30)20-25-12-17(29(20)4)19-15(24)11-26-21(28-19)27-16-7-10-33-13-18(16)31/h11-12,14,16,18,31H,5-10,13H2,1-4H3,(H,26,27,28)/t16-,18-/m1/s1. The Morgan fingerprint density at radius 2 is 1.97 bits per heavy atom. The van der Waals surface area contributed by atoms with E-state index in [2.05, 4.69) is 20.3 Å². The lowest BCUT2D eigenvalue weighted by Crippen LogP contribution is -2.42. The van der Waals surface area contributed by atoms with E-state index in [1.54, 1.807) is 17.3 Å². The Balaban J connectivity index is 1.46. The van der Waals surface area contributed by atoms with E-state index in [-0.39, 0.29) is 24.7 Å². The SMILES string of the molecule is Cn1c(-c2nc(N[C@@H]3CCOC[C@H]3O)ncc2Cl)cnc1C1CCN(C(=O)OC(C)(C)C)CC1. The lowest BCUT2D eigenvalue weighted by atomic mass is 9.96. The first-order valence-electron chi connectivity index (χ1n) is 11.7. The summed E-state index contributed by atoms with van der Waals surface area (Å²) in [5, 5.41) is 13.8. The van der Waals surface area contributed by atoms with Crippen molar-refractivity contribution < 1.29 is 19.4 Å². The second-order valence-electron chi connectivity index (χ2n) is 9.87. The van der Waals surface area contributed by atoms with Crippen LogP contribution in [0.1, 0.15) is 51.8 Å². The first kappa shape index (κ1) is 24.7. The highest BCUT2D eigenvalue weighted by molar-refractivity contribution is 6.32. The normalized spacial score (nSPS) is 22.0. The van der Waals surface area contributed by atoms with E-state index in [1.807, 2.05) is 32.4 Å². The van der Waals surface area contributed by atoms with Gasteiger partial charge in [0.2, 0.25) is 5.95 Å². The van der Waals surface area contributed by atoms with E-state index in [9.17, 15) is 9.90 Å². The number of piperidine rings is 1. The van der Waals surface area contributed by atoms with Gasteiger partial charge in [-0.05, 0) is 40.0 Å². The largest absolute Gasteiger partial charge is 0.444 e. The van der Waals surface area contributed by atoms with E-state index in [0.717, 1.165) is 24.4 Å². The Kier molecular flexibility index (Phi) is 7.30. The minimum Gasteiger partial charge on any atom is -0.444 e. The molecule has 2 saturated heterocycles. The van der Waals surface area contributed by atoms with Crippen molar-refractivity contribution in [1.29, 1.82) is 0 Å². The van der Waals surface area contributed by atoms with Crippen molar-refractivity contribution in [2.45, 2.75) is 63.7 Å². The van der Waals surface area contributed by atoms with Gasteiger partial charge in [-0.25, -0.2) is 19.7 Å². The number of nitrogens with zero attached hydrogens (tertiary/aromatic N) is 5. The van der Waals surface area contributed by atoms with Gasteiger partial charge in [-0.1, -0.05) is 11.6 Å². The number of carbonyl (C=O) groups excluding carboxylic acids is 1. The first-order valence-corrected chi connectivity index (χ1v) is 12.0. The summed E-state index contributed by atoms with van der Waals surface area (Å²) < 4.78 is 12.8. The highest BCUT2D eigenvalue weighted by atomic mass is 35.5. The molecule has 0 unspecified atom stereocenters. The van der Waals surface area contributed by atoms with Gasteiger partial charge >= 0.3 is 6.09 Å². The number of rotatable bonds is 4. The van der Waals surface area contributed by atoms with Crippen LogP contribution in [0.4, 0.5) is 10.7 Å². The molecule has 0 bridgehead atoms. The van der Waals surface area contributed by atoms with Gasteiger partial charge in [-0.2, -0.15) is 0 Å². The number of hydrogen-bond donors (Lipinski definition) is 2. The number of carbonyl (C=O) groups is 1. The summed E-state index contributed by atoms with van der Waals surface area (Å²) in [7, 11) is 1.95. The molecule has 34 heavy (non-hydrogen) atoms. The van der Waals surface area contributed by atoms with Crippen LogP contribution in [0.3, 0.4) is 0 Å². The Bertz CT molecular complexity index is 1020. The van der Waals surface area contributed by atoms with Crippen molar-refractivity contribution in [2.75, 3.05) is 31.6 Å². The zero-order chi connectivity index (χ0) is 24.5. The molecule has 0 radical (unpaired) electrons. The molecule has 2 fully saturated rings. The van der Waals surface area contributed by atoms with E-state index in [1.165, 1.54) is 0 Å². The van der Waals surface area contributed by atoms with Crippen LogP contribution in [0.15, 0.2) is 12.4 Å². The molecule has 4 heterocycles. The van der Waals surface area contributed by atoms with Gasteiger partial charge in [0.1, 0.15) is 17.1 Å². The number of amides is 1. The quantitative estimate of drug-likeness (QED) is 0.668. The third-order valence-electron chi connectivity index (χ3n) is 6.16. The van der Waals surface area contributed by atoms with Gasteiger partial charge in [0.05, 0.1) is 41.9 Å². The van der Waals surface area contributed by atoms with Crippen LogP contribution in [-0.2, 0) is 16.5 Å². The van der Waals surface area contributed by atoms with E-state index in [4.69, 9.17) is 21.1 Å². The minimum absolute atomic E-state index is 0.181. The topological polar surface area (TPSA) is 115 Å². The number of aliphatic hydroxyl groups excluding tert-OH is 1. The first-order chi connectivity index (χ1) is 16.1. The molecule has 186 valence electrons. The predicted octanol–water partition coefficient (Wildman–Crippen LogP) is 3.21. The van der Waals surface area contributed by atoms with Crippen LogP contribution in [-0.4, -0.2) is 79.7 Å². The molecule has 2 N–H and O–H groups in total. The van der Waals surface area contributed by atoms with Gasteiger partial charge in [0.25, 0.3) is 0 Å². The van der Waals surface area contributed by atoms with Gasteiger partial charge in [0.15, 0.2) is 0 Å².